The van der Waals surface area contributed by atoms with Crippen LogP contribution < -0.4 is 4.57 Å². The van der Waals surface area contributed by atoms with Gasteiger partial charge in [0.2, 0.25) is 0 Å². The highest BCUT2D eigenvalue weighted by Gasteiger charge is 2.00. The van der Waals surface area contributed by atoms with E-state index in [9.17, 15) is 0 Å². The number of hydrogen-bond acceptors (Lipinski definition) is 3. The van der Waals surface area contributed by atoms with Crippen molar-refractivity contribution in [3.05, 3.63) is 54.4 Å². The Labute approximate surface area is 143 Å². The first-order valence-corrected chi connectivity index (χ1v) is 10.3. The fourth-order valence-electron chi connectivity index (χ4n) is 1.78. The monoisotopic (exact) mass is 335 g/mol. The second kappa shape index (κ2) is 12.5. The first-order chi connectivity index (χ1) is 10.8. The maximum atomic E-state index is 4.39. The Morgan fingerprint density at radius 2 is 1.95 bits per heavy atom. The first-order valence-electron chi connectivity index (χ1n) is 7.84. The van der Waals surface area contributed by atoms with Gasteiger partial charge < -0.3 is 0 Å². The van der Waals surface area contributed by atoms with Crippen LogP contribution in [-0.2, 0) is 13.0 Å². The Morgan fingerprint density at radius 3 is 2.59 bits per heavy atom. The van der Waals surface area contributed by atoms with Crippen molar-refractivity contribution in [1.29, 1.82) is 0 Å². The molecule has 0 fully saturated rings. The van der Waals surface area contributed by atoms with Crippen molar-refractivity contribution in [2.45, 2.75) is 33.2 Å². The smallest absolute Gasteiger partial charge is 0.169 e. The summed E-state index contributed by atoms with van der Waals surface area (Å²) in [4.78, 5) is 4.39. The summed E-state index contributed by atoms with van der Waals surface area (Å²) in [6.45, 7) is 10.0. The van der Waals surface area contributed by atoms with Gasteiger partial charge in [0, 0.05) is 30.6 Å². The average molecular weight is 336 g/mol. The zero-order valence-electron chi connectivity index (χ0n) is 13.7. The van der Waals surface area contributed by atoms with Crippen LogP contribution >= 0.6 is 21.6 Å². The fraction of sp³-hybridized carbons (Fsp3) is 0.444. The van der Waals surface area contributed by atoms with Gasteiger partial charge in [0.15, 0.2) is 18.9 Å². The minimum Gasteiger partial charge on any atom is -0.292 e. The van der Waals surface area contributed by atoms with E-state index in [0.717, 1.165) is 37.4 Å². The van der Waals surface area contributed by atoms with Gasteiger partial charge in [0.1, 0.15) is 0 Å². The highest BCUT2D eigenvalue weighted by Crippen LogP contribution is 2.20. The van der Waals surface area contributed by atoms with Crippen LogP contribution in [0.4, 0.5) is 0 Å². The summed E-state index contributed by atoms with van der Waals surface area (Å²) in [6, 6.07) is 4.40. The maximum absolute atomic E-state index is 4.39. The standard InChI is InChI=1S/C18H27N2S2/c1-4-17(5-2)7-10-19-11-15-21-22-16-14-20-12-8-18(6-3)9-13-20/h4,7-10,12-13H,1,5-6,11,14-16H2,2-3H3/q+1/b17-7+,19-10+. The molecule has 0 aliphatic rings. The quantitative estimate of drug-likeness (QED) is 0.194. The third kappa shape index (κ3) is 8.44. The van der Waals surface area contributed by atoms with E-state index in [0.29, 0.717) is 0 Å². The molecule has 0 aromatic carbocycles. The lowest BCUT2D eigenvalue weighted by molar-refractivity contribution is -0.692. The molecule has 0 atom stereocenters. The molecule has 1 aromatic rings. The summed E-state index contributed by atoms with van der Waals surface area (Å²) in [6.07, 6.45) is 12.3. The van der Waals surface area contributed by atoms with E-state index in [1.165, 1.54) is 11.1 Å². The number of rotatable bonds is 11. The van der Waals surface area contributed by atoms with E-state index in [-0.39, 0.29) is 0 Å². The molecular formula is C18H27N2S2+. The molecule has 0 aliphatic carbocycles. The molecule has 1 aromatic heterocycles. The van der Waals surface area contributed by atoms with Crippen molar-refractivity contribution in [2.75, 3.05) is 18.1 Å². The fourth-order valence-corrected chi connectivity index (χ4v) is 3.63. The lowest BCUT2D eigenvalue weighted by Gasteiger charge is -1.99. The highest BCUT2D eigenvalue weighted by atomic mass is 33.1. The number of aryl methyl sites for hydroxylation is 2. The van der Waals surface area contributed by atoms with Crippen LogP contribution in [0.25, 0.3) is 0 Å². The molecule has 0 bridgehead atoms. The summed E-state index contributed by atoms with van der Waals surface area (Å²) in [5.41, 5.74) is 2.63. The van der Waals surface area contributed by atoms with Crippen LogP contribution in [0.2, 0.25) is 0 Å². The van der Waals surface area contributed by atoms with Gasteiger partial charge in [0.05, 0.1) is 5.75 Å². The van der Waals surface area contributed by atoms with Crippen molar-refractivity contribution in [1.82, 2.24) is 0 Å². The summed E-state index contributed by atoms with van der Waals surface area (Å²) < 4.78 is 2.25. The lowest BCUT2D eigenvalue weighted by atomic mass is 10.2. The van der Waals surface area contributed by atoms with Gasteiger partial charge in [0.25, 0.3) is 0 Å². The molecule has 0 N–H and O–H groups in total. The maximum Gasteiger partial charge on any atom is 0.169 e. The normalized spacial score (nSPS) is 12.0. The van der Waals surface area contributed by atoms with E-state index < -0.39 is 0 Å². The van der Waals surface area contributed by atoms with Crippen molar-refractivity contribution >= 4 is 27.8 Å². The van der Waals surface area contributed by atoms with Crippen LogP contribution in [-0.4, -0.2) is 24.3 Å². The predicted octanol–water partition coefficient (Wildman–Crippen LogP) is 4.51. The molecule has 0 saturated heterocycles. The van der Waals surface area contributed by atoms with Crippen LogP contribution in [0.5, 0.6) is 0 Å². The molecule has 2 nitrogen and oxygen atoms in total. The predicted molar refractivity (Wildman–Crippen MR) is 103 cm³/mol. The number of nitrogens with zero attached hydrogens (tertiary/aromatic N) is 2. The Morgan fingerprint density at radius 1 is 1.23 bits per heavy atom. The highest BCUT2D eigenvalue weighted by molar-refractivity contribution is 8.76. The second-order valence-corrected chi connectivity index (χ2v) is 7.50. The SMILES string of the molecule is C=C/C(=C\C=N\CCSSCC[n+]1ccc(CC)cc1)CC. The van der Waals surface area contributed by atoms with Crippen LogP contribution in [0.15, 0.2) is 53.8 Å². The van der Waals surface area contributed by atoms with E-state index in [1.54, 1.807) is 0 Å². The summed E-state index contributed by atoms with van der Waals surface area (Å²) in [5.74, 6) is 2.19. The molecule has 4 heteroatoms. The third-order valence-electron chi connectivity index (χ3n) is 3.25. The van der Waals surface area contributed by atoms with E-state index >= 15 is 0 Å². The Bertz CT molecular complexity index is 478. The minimum atomic E-state index is 0.876. The van der Waals surface area contributed by atoms with Crippen LogP contribution in [0.3, 0.4) is 0 Å². The molecule has 120 valence electrons. The minimum absolute atomic E-state index is 0.876. The number of allylic oxidation sites excluding steroid dienone is 3. The summed E-state index contributed by atoms with van der Waals surface area (Å²) >= 11 is 0. The summed E-state index contributed by atoms with van der Waals surface area (Å²) in [5, 5.41) is 0. The number of hydrogen-bond donors (Lipinski definition) is 0. The molecule has 0 aliphatic heterocycles. The molecule has 0 amide bonds. The van der Waals surface area contributed by atoms with E-state index in [4.69, 9.17) is 0 Å². The van der Waals surface area contributed by atoms with Gasteiger partial charge in [-0.2, -0.15) is 0 Å². The molecule has 0 radical (unpaired) electrons. The number of pyridine rings is 1. The van der Waals surface area contributed by atoms with E-state index in [2.05, 4.69) is 54.5 Å². The number of aliphatic imine (C=N–C) groups is 1. The van der Waals surface area contributed by atoms with Gasteiger partial charge in [-0.25, -0.2) is 4.57 Å². The average Bonchev–Trinajstić information content (AvgIpc) is 2.57. The Kier molecular flexibility index (Phi) is 10.9. The first kappa shape index (κ1) is 19.0. The van der Waals surface area contributed by atoms with Gasteiger partial charge in [-0.3, -0.25) is 4.99 Å². The zero-order valence-corrected chi connectivity index (χ0v) is 15.3. The van der Waals surface area contributed by atoms with Crippen LogP contribution in [0, 0.1) is 0 Å². The molecule has 22 heavy (non-hydrogen) atoms. The molecule has 1 rings (SSSR count). The Balaban J connectivity index is 2.07. The molecular weight excluding hydrogens is 308 g/mol. The van der Waals surface area contributed by atoms with Crippen molar-refractivity contribution in [3.63, 3.8) is 0 Å². The van der Waals surface area contributed by atoms with Gasteiger partial charge in [-0.1, -0.05) is 48.1 Å². The topological polar surface area (TPSA) is 16.2 Å². The molecule has 0 unspecified atom stereocenters. The van der Waals surface area contributed by atoms with Gasteiger partial charge in [-0.05, 0) is 30.1 Å². The summed E-state index contributed by atoms with van der Waals surface area (Å²) in [7, 11) is 3.82. The second-order valence-electron chi connectivity index (χ2n) is 4.80. The molecule has 1 heterocycles. The van der Waals surface area contributed by atoms with Crippen molar-refractivity contribution in [3.8, 4) is 0 Å². The third-order valence-corrected chi connectivity index (χ3v) is 5.62. The largest absolute Gasteiger partial charge is 0.292 e. The molecule has 0 saturated carbocycles. The lowest BCUT2D eigenvalue weighted by Crippen LogP contribution is -2.33. The zero-order chi connectivity index (χ0) is 16.0. The van der Waals surface area contributed by atoms with E-state index in [1.807, 2.05) is 40.0 Å². The van der Waals surface area contributed by atoms with Gasteiger partial charge in [-0.15, -0.1) is 0 Å². The van der Waals surface area contributed by atoms with Crippen molar-refractivity contribution in [2.24, 2.45) is 4.99 Å². The van der Waals surface area contributed by atoms with Gasteiger partial charge >= 0.3 is 0 Å². The molecule has 0 spiro atoms. The Hall–Kier alpha value is -1.00. The van der Waals surface area contributed by atoms with Crippen molar-refractivity contribution < 1.29 is 4.57 Å². The number of aromatic nitrogens is 1. The van der Waals surface area contributed by atoms with Crippen LogP contribution in [0.1, 0.15) is 25.8 Å².